The zero-order chi connectivity index (χ0) is 24.5. The highest BCUT2D eigenvalue weighted by Gasteiger charge is 2.43. The summed E-state index contributed by atoms with van der Waals surface area (Å²) in [5.74, 6) is 0.227. The van der Waals surface area contributed by atoms with E-state index in [2.05, 4.69) is 6.92 Å². The van der Waals surface area contributed by atoms with Gasteiger partial charge < -0.3 is 14.7 Å². The van der Waals surface area contributed by atoms with Gasteiger partial charge in [0.1, 0.15) is 12.4 Å². The van der Waals surface area contributed by atoms with Gasteiger partial charge in [-0.1, -0.05) is 25.5 Å². The van der Waals surface area contributed by atoms with E-state index in [0.717, 1.165) is 61.6 Å². The highest BCUT2D eigenvalue weighted by Crippen LogP contribution is 2.39. The molecule has 188 valence electrons. The number of hydrogen-bond acceptors (Lipinski definition) is 3. The van der Waals surface area contributed by atoms with Gasteiger partial charge in [-0.3, -0.25) is 9.59 Å². The fraction of sp³-hybridized carbons (Fsp3) is 0.586. The first-order chi connectivity index (χ1) is 17.0. The van der Waals surface area contributed by atoms with Crippen molar-refractivity contribution in [1.82, 2.24) is 4.90 Å². The molecule has 2 aromatic carbocycles. The second-order valence-electron chi connectivity index (χ2n) is 10.7. The number of carbonyl (C=O) groups is 2. The van der Waals surface area contributed by atoms with E-state index in [-0.39, 0.29) is 30.0 Å². The number of alkyl halides is 1. The van der Waals surface area contributed by atoms with E-state index in [1.54, 1.807) is 6.07 Å². The van der Waals surface area contributed by atoms with Gasteiger partial charge >= 0.3 is 5.97 Å². The maximum atomic E-state index is 14.2. The van der Waals surface area contributed by atoms with E-state index in [1.807, 2.05) is 29.2 Å². The number of carboxylic acid groups (broad SMARTS) is 1. The molecule has 2 saturated heterocycles. The molecule has 0 aromatic heterocycles. The van der Waals surface area contributed by atoms with Crippen LogP contribution in [-0.4, -0.2) is 40.1 Å². The molecule has 5 rings (SSSR count). The Morgan fingerprint density at radius 2 is 1.74 bits per heavy atom. The van der Waals surface area contributed by atoms with Crippen LogP contribution in [0.25, 0.3) is 10.8 Å². The summed E-state index contributed by atoms with van der Waals surface area (Å²) in [6.07, 6.45) is 9.48. The molecule has 1 N–H and O–H groups in total. The van der Waals surface area contributed by atoms with Crippen molar-refractivity contribution in [2.75, 3.05) is 0 Å². The third-order valence-electron chi connectivity index (χ3n) is 8.69. The zero-order valence-corrected chi connectivity index (χ0v) is 20.5. The third kappa shape index (κ3) is 4.76. The lowest BCUT2D eigenvalue weighted by Crippen LogP contribution is -2.55. The van der Waals surface area contributed by atoms with Crippen molar-refractivity contribution in [2.24, 2.45) is 11.8 Å². The summed E-state index contributed by atoms with van der Waals surface area (Å²) in [6.45, 7) is 1.62. The predicted octanol–water partition coefficient (Wildman–Crippen LogP) is 6.51. The number of carboxylic acids is 1. The summed E-state index contributed by atoms with van der Waals surface area (Å²) < 4.78 is 20.5. The van der Waals surface area contributed by atoms with Crippen LogP contribution in [0, 0.1) is 11.8 Å². The molecule has 1 amide bonds. The number of ether oxygens (including phenoxy) is 1. The van der Waals surface area contributed by atoms with E-state index in [9.17, 15) is 19.1 Å². The Morgan fingerprint density at radius 1 is 1.03 bits per heavy atom. The highest BCUT2D eigenvalue weighted by atomic mass is 19.1. The lowest BCUT2D eigenvalue weighted by atomic mass is 9.78. The molecule has 1 aliphatic carbocycles. The third-order valence-corrected chi connectivity index (χ3v) is 8.69. The molecule has 2 aliphatic heterocycles. The molecule has 35 heavy (non-hydrogen) atoms. The molecule has 6 heteroatoms. The summed E-state index contributed by atoms with van der Waals surface area (Å²) >= 11 is 0. The number of amides is 1. The van der Waals surface area contributed by atoms with Crippen LogP contribution in [0.15, 0.2) is 30.3 Å². The number of piperidine rings is 2. The molecule has 3 fully saturated rings. The second kappa shape index (κ2) is 10.2. The van der Waals surface area contributed by atoms with Crippen molar-refractivity contribution >= 4 is 22.6 Å². The minimum Gasteiger partial charge on any atom is -0.490 e. The predicted molar refractivity (Wildman–Crippen MR) is 133 cm³/mol. The van der Waals surface area contributed by atoms with Crippen LogP contribution in [0.3, 0.4) is 0 Å². The topological polar surface area (TPSA) is 66.8 Å². The Balaban J connectivity index is 1.36. The summed E-state index contributed by atoms with van der Waals surface area (Å²) in [4.78, 5) is 27.1. The molecular weight excluding hydrogens is 445 g/mol. The smallest absolute Gasteiger partial charge is 0.306 e. The first-order valence-corrected chi connectivity index (χ1v) is 13.3. The Morgan fingerprint density at radius 3 is 2.37 bits per heavy atom. The minimum absolute atomic E-state index is 0.0215. The van der Waals surface area contributed by atoms with E-state index in [1.165, 1.54) is 6.42 Å². The van der Waals surface area contributed by atoms with Gasteiger partial charge in [0.15, 0.2) is 0 Å². The van der Waals surface area contributed by atoms with Crippen LogP contribution in [0.2, 0.25) is 0 Å². The number of hydrogen-bond donors (Lipinski definition) is 1. The summed E-state index contributed by atoms with van der Waals surface area (Å²) in [5.41, 5.74) is 1.14. The van der Waals surface area contributed by atoms with Crippen LogP contribution in [0.5, 0.6) is 5.75 Å². The van der Waals surface area contributed by atoms with Gasteiger partial charge in [-0.2, -0.15) is 0 Å². The maximum Gasteiger partial charge on any atom is 0.306 e. The molecule has 0 spiro atoms. The fourth-order valence-corrected chi connectivity index (χ4v) is 6.66. The van der Waals surface area contributed by atoms with Crippen molar-refractivity contribution in [3.63, 3.8) is 0 Å². The maximum absolute atomic E-state index is 14.2. The van der Waals surface area contributed by atoms with Crippen molar-refractivity contribution in [3.05, 3.63) is 41.5 Å². The lowest BCUT2D eigenvalue weighted by Gasteiger charge is -2.48. The Kier molecular flexibility index (Phi) is 6.99. The van der Waals surface area contributed by atoms with Gasteiger partial charge in [0.2, 0.25) is 0 Å². The molecule has 0 radical (unpaired) electrons. The van der Waals surface area contributed by atoms with Gasteiger partial charge in [-0.05, 0) is 92.7 Å². The average Bonchev–Trinajstić information content (AvgIpc) is 2.87. The number of benzene rings is 2. The first kappa shape index (κ1) is 24.1. The second-order valence-corrected chi connectivity index (χ2v) is 10.7. The number of aliphatic carboxylic acids is 1. The SMILES string of the molecule is CCC1CCC(Oc2ccc3cc(C(=O)N4C5CCCC4CC(C(=O)O)C5)ccc3c2CF)CC1. The molecule has 2 atom stereocenters. The van der Waals surface area contributed by atoms with Crippen LogP contribution in [0.4, 0.5) is 4.39 Å². The van der Waals surface area contributed by atoms with Gasteiger partial charge in [0, 0.05) is 23.2 Å². The van der Waals surface area contributed by atoms with Crippen LogP contribution >= 0.6 is 0 Å². The molecule has 3 aliphatic rings. The molecule has 5 nitrogen and oxygen atoms in total. The Labute approximate surface area is 206 Å². The summed E-state index contributed by atoms with van der Waals surface area (Å²) in [5, 5.41) is 11.1. The summed E-state index contributed by atoms with van der Waals surface area (Å²) in [6, 6.07) is 9.22. The van der Waals surface area contributed by atoms with E-state index >= 15 is 0 Å². The zero-order valence-electron chi connectivity index (χ0n) is 20.5. The van der Waals surface area contributed by atoms with Gasteiger partial charge in [-0.25, -0.2) is 4.39 Å². The molecule has 1 saturated carbocycles. The molecular formula is C29H36FNO4. The number of nitrogens with zero attached hydrogens (tertiary/aromatic N) is 1. The molecule has 2 aromatic rings. The summed E-state index contributed by atoms with van der Waals surface area (Å²) in [7, 11) is 0. The fourth-order valence-electron chi connectivity index (χ4n) is 6.66. The normalized spacial score (nSPS) is 28.6. The van der Waals surface area contributed by atoms with Gasteiger partial charge in [0.05, 0.1) is 12.0 Å². The van der Waals surface area contributed by atoms with Crippen molar-refractivity contribution in [3.8, 4) is 5.75 Å². The van der Waals surface area contributed by atoms with E-state index in [0.29, 0.717) is 29.7 Å². The molecule has 2 heterocycles. The van der Waals surface area contributed by atoms with E-state index < -0.39 is 12.6 Å². The van der Waals surface area contributed by atoms with Crippen molar-refractivity contribution < 1.29 is 23.8 Å². The van der Waals surface area contributed by atoms with Crippen LogP contribution in [0.1, 0.15) is 87.1 Å². The number of fused-ring (bicyclic) bond motifs is 3. The van der Waals surface area contributed by atoms with Crippen LogP contribution < -0.4 is 4.74 Å². The number of rotatable bonds is 6. The monoisotopic (exact) mass is 481 g/mol. The van der Waals surface area contributed by atoms with E-state index in [4.69, 9.17) is 4.74 Å². The minimum atomic E-state index is -0.755. The standard InChI is InChI=1S/C29H36FNO4/c1-2-18-6-10-24(11-7-18)35-27-13-9-19-14-20(8-12-25(19)26(27)17-30)28(32)31-22-4-3-5-23(31)16-21(15-22)29(33)34/h8-9,12-14,18,21-24H,2-7,10-11,15-17H2,1H3,(H,33,34). The largest absolute Gasteiger partial charge is 0.490 e. The quantitative estimate of drug-likeness (QED) is 0.510. The lowest BCUT2D eigenvalue weighted by molar-refractivity contribution is -0.145. The average molecular weight is 482 g/mol. The Hall–Kier alpha value is -2.63. The molecule has 2 bridgehead atoms. The van der Waals surface area contributed by atoms with Gasteiger partial charge in [-0.15, -0.1) is 0 Å². The number of halogens is 1. The van der Waals surface area contributed by atoms with Crippen molar-refractivity contribution in [2.45, 2.75) is 96.0 Å². The first-order valence-electron chi connectivity index (χ1n) is 13.3. The Bertz CT molecular complexity index is 1080. The van der Waals surface area contributed by atoms with Crippen molar-refractivity contribution in [1.29, 1.82) is 0 Å². The highest BCUT2D eigenvalue weighted by molar-refractivity contribution is 6.00. The van der Waals surface area contributed by atoms with Crippen LogP contribution in [-0.2, 0) is 11.5 Å². The molecule has 2 unspecified atom stereocenters. The van der Waals surface area contributed by atoms with Gasteiger partial charge in [0.25, 0.3) is 5.91 Å². The number of carbonyl (C=O) groups excluding carboxylic acids is 1.